The van der Waals surface area contributed by atoms with Gasteiger partial charge in [0.05, 0.1) is 55.2 Å². The maximum atomic E-state index is 11.5. The van der Waals surface area contributed by atoms with E-state index in [0.29, 0.717) is 25.7 Å². The second-order valence-corrected chi connectivity index (χ2v) is 12.7. The van der Waals surface area contributed by atoms with Gasteiger partial charge in [-0.05, 0) is 44.4 Å². The standard InChI is InChI=1S/C10H18O5S.C10H16O4S/c1-7(11)9(10(12)15-2)8-3-5-16(13,14)6-4-8;1-3-9(10(11)14-2)8-4-6-15(12,13)7-5-8/h7-9,11H,3-6H2,1-2H3;3,8-9H,1,4-7H2,2H3. The van der Waals surface area contributed by atoms with Gasteiger partial charge in [-0.25, -0.2) is 16.8 Å². The molecule has 2 fully saturated rings. The predicted octanol–water partition coefficient (Wildman–Crippen LogP) is 0.768. The topological polar surface area (TPSA) is 141 Å². The number of aliphatic hydroxyl groups excluding tert-OH is 1. The summed E-state index contributed by atoms with van der Waals surface area (Å²) < 4.78 is 54.2. The number of hydrogen-bond acceptors (Lipinski definition) is 9. The number of carbonyl (C=O) groups excluding carboxylic acids is 2. The molecule has 0 aromatic carbocycles. The normalized spacial score (nSPS) is 23.9. The van der Waals surface area contributed by atoms with Gasteiger partial charge in [0, 0.05) is 0 Å². The molecule has 2 aliphatic heterocycles. The first kappa shape index (κ1) is 27.6. The van der Waals surface area contributed by atoms with Crippen LogP contribution in [0.2, 0.25) is 0 Å². The number of esters is 2. The van der Waals surface area contributed by atoms with Gasteiger partial charge in [-0.2, -0.15) is 0 Å². The number of carbonyl (C=O) groups is 2. The lowest BCUT2D eigenvalue weighted by molar-refractivity contribution is -0.152. The summed E-state index contributed by atoms with van der Waals surface area (Å²) in [5.41, 5.74) is 0. The van der Waals surface area contributed by atoms with Gasteiger partial charge in [-0.1, -0.05) is 6.08 Å². The Morgan fingerprint density at radius 2 is 1.26 bits per heavy atom. The van der Waals surface area contributed by atoms with E-state index in [1.807, 2.05) is 0 Å². The van der Waals surface area contributed by atoms with Crippen molar-refractivity contribution in [2.24, 2.45) is 23.7 Å². The Morgan fingerprint density at radius 1 is 0.871 bits per heavy atom. The van der Waals surface area contributed by atoms with Gasteiger partial charge in [-0.3, -0.25) is 9.59 Å². The van der Waals surface area contributed by atoms with Crippen LogP contribution < -0.4 is 0 Å². The molecule has 3 unspecified atom stereocenters. The minimum absolute atomic E-state index is 0.0541. The zero-order chi connectivity index (χ0) is 23.8. The fourth-order valence-corrected chi connectivity index (χ4v) is 7.13. The largest absolute Gasteiger partial charge is 0.469 e. The summed E-state index contributed by atoms with van der Waals surface area (Å²) in [6, 6.07) is 0. The Balaban J connectivity index is 0.000000311. The molecular formula is C20H34O9S2. The molecule has 0 amide bonds. The maximum Gasteiger partial charge on any atom is 0.312 e. The van der Waals surface area contributed by atoms with Crippen molar-refractivity contribution < 1.29 is 41.0 Å². The second-order valence-electron chi connectivity index (χ2n) is 8.05. The molecule has 0 aliphatic carbocycles. The monoisotopic (exact) mass is 482 g/mol. The number of sulfone groups is 2. The van der Waals surface area contributed by atoms with Crippen molar-refractivity contribution in [3.63, 3.8) is 0 Å². The van der Waals surface area contributed by atoms with Gasteiger partial charge >= 0.3 is 11.9 Å². The molecule has 2 aliphatic rings. The zero-order valence-corrected chi connectivity index (χ0v) is 20.0. The Kier molecular flexibility index (Phi) is 10.6. The fraction of sp³-hybridized carbons (Fsp3) is 0.800. The Morgan fingerprint density at radius 3 is 1.58 bits per heavy atom. The lowest BCUT2D eigenvalue weighted by Gasteiger charge is -2.29. The van der Waals surface area contributed by atoms with E-state index in [2.05, 4.69) is 16.1 Å². The highest BCUT2D eigenvalue weighted by Crippen LogP contribution is 2.29. The molecule has 2 rings (SSSR count). The van der Waals surface area contributed by atoms with E-state index in [1.165, 1.54) is 21.1 Å². The number of aliphatic hydroxyl groups is 1. The smallest absolute Gasteiger partial charge is 0.312 e. The number of ether oxygens (including phenoxy) is 2. The molecule has 180 valence electrons. The first-order valence-electron chi connectivity index (χ1n) is 10.2. The first-order valence-corrected chi connectivity index (χ1v) is 13.9. The number of hydrogen-bond donors (Lipinski definition) is 1. The van der Waals surface area contributed by atoms with Crippen LogP contribution in [0.1, 0.15) is 32.6 Å². The van der Waals surface area contributed by atoms with Gasteiger partial charge < -0.3 is 14.6 Å². The van der Waals surface area contributed by atoms with Gasteiger partial charge in [-0.15, -0.1) is 6.58 Å². The van der Waals surface area contributed by atoms with Crippen LogP contribution in [0.15, 0.2) is 12.7 Å². The molecule has 0 bridgehead atoms. The molecule has 0 aromatic rings. The molecule has 3 atom stereocenters. The van der Waals surface area contributed by atoms with Gasteiger partial charge in [0.15, 0.2) is 0 Å². The molecule has 11 heteroatoms. The van der Waals surface area contributed by atoms with E-state index in [-0.39, 0.29) is 46.7 Å². The van der Waals surface area contributed by atoms with Crippen molar-refractivity contribution in [1.82, 2.24) is 0 Å². The van der Waals surface area contributed by atoms with Crippen molar-refractivity contribution in [3.05, 3.63) is 12.7 Å². The van der Waals surface area contributed by atoms with Gasteiger partial charge in [0.25, 0.3) is 0 Å². The van der Waals surface area contributed by atoms with Crippen molar-refractivity contribution >= 4 is 31.6 Å². The van der Waals surface area contributed by atoms with Crippen LogP contribution in [0, 0.1) is 23.7 Å². The maximum absolute atomic E-state index is 11.5. The third-order valence-corrected chi connectivity index (χ3v) is 9.37. The molecule has 0 saturated carbocycles. The SMILES string of the molecule is C=CC(C(=O)OC)C1CCS(=O)(=O)CC1.COC(=O)C(C(C)O)C1CCS(=O)(=O)CC1. The van der Waals surface area contributed by atoms with Crippen molar-refractivity contribution in [1.29, 1.82) is 0 Å². The second kappa shape index (κ2) is 12.0. The highest BCUT2D eigenvalue weighted by Gasteiger charge is 2.37. The molecule has 0 radical (unpaired) electrons. The first-order chi connectivity index (χ1) is 14.4. The molecule has 0 spiro atoms. The van der Waals surface area contributed by atoms with E-state index < -0.39 is 37.7 Å². The van der Waals surface area contributed by atoms with E-state index >= 15 is 0 Å². The molecule has 9 nitrogen and oxygen atoms in total. The summed E-state index contributed by atoms with van der Waals surface area (Å²) in [6.07, 6.45) is 2.63. The van der Waals surface area contributed by atoms with E-state index in [0.717, 1.165) is 0 Å². The van der Waals surface area contributed by atoms with Crippen LogP contribution in [0.4, 0.5) is 0 Å². The third kappa shape index (κ3) is 8.53. The highest BCUT2D eigenvalue weighted by atomic mass is 32.2. The summed E-state index contributed by atoms with van der Waals surface area (Å²) >= 11 is 0. The van der Waals surface area contributed by atoms with Crippen LogP contribution in [-0.2, 0) is 38.7 Å². The van der Waals surface area contributed by atoms with Crippen molar-refractivity contribution in [3.8, 4) is 0 Å². The van der Waals surface area contributed by atoms with Crippen molar-refractivity contribution in [2.45, 2.75) is 38.7 Å². The quantitative estimate of drug-likeness (QED) is 0.429. The third-order valence-electron chi connectivity index (χ3n) is 5.93. The molecule has 0 aromatic heterocycles. The number of rotatable bonds is 6. The Hall–Kier alpha value is -1.46. The van der Waals surface area contributed by atoms with Gasteiger partial charge in [0.2, 0.25) is 0 Å². The summed E-state index contributed by atoms with van der Waals surface area (Å²) in [5, 5.41) is 9.55. The minimum Gasteiger partial charge on any atom is -0.469 e. The molecule has 2 saturated heterocycles. The van der Waals surface area contributed by atoms with Gasteiger partial charge in [0.1, 0.15) is 19.7 Å². The lowest BCUT2D eigenvalue weighted by Crippen LogP contribution is -2.38. The van der Waals surface area contributed by atoms with E-state index in [9.17, 15) is 31.5 Å². The summed E-state index contributed by atoms with van der Waals surface area (Å²) in [5.74, 6) is -1.29. The minimum atomic E-state index is -2.94. The summed E-state index contributed by atoms with van der Waals surface area (Å²) in [7, 11) is -3.21. The average molecular weight is 483 g/mol. The summed E-state index contributed by atoms with van der Waals surface area (Å²) in [6.45, 7) is 5.12. The summed E-state index contributed by atoms with van der Waals surface area (Å²) in [4.78, 5) is 22.8. The average Bonchev–Trinajstić information content (AvgIpc) is 2.71. The molecule has 1 N–H and O–H groups in total. The van der Waals surface area contributed by atoms with Crippen LogP contribution in [-0.4, -0.2) is 77.2 Å². The lowest BCUT2D eigenvalue weighted by atomic mass is 9.84. The van der Waals surface area contributed by atoms with Crippen molar-refractivity contribution in [2.75, 3.05) is 37.2 Å². The number of methoxy groups -OCH3 is 2. The van der Waals surface area contributed by atoms with E-state index in [1.54, 1.807) is 6.08 Å². The van der Waals surface area contributed by atoms with Crippen LogP contribution in [0.25, 0.3) is 0 Å². The predicted molar refractivity (Wildman–Crippen MR) is 116 cm³/mol. The Bertz CT molecular complexity index is 803. The molecular weight excluding hydrogens is 448 g/mol. The zero-order valence-electron chi connectivity index (χ0n) is 18.4. The van der Waals surface area contributed by atoms with Crippen LogP contribution >= 0.6 is 0 Å². The fourth-order valence-electron chi connectivity index (χ4n) is 4.07. The highest BCUT2D eigenvalue weighted by molar-refractivity contribution is 7.91. The van der Waals surface area contributed by atoms with Crippen LogP contribution in [0.5, 0.6) is 0 Å². The molecule has 2 heterocycles. The van der Waals surface area contributed by atoms with E-state index in [4.69, 9.17) is 0 Å². The Labute approximate surface area is 185 Å². The van der Waals surface area contributed by atoms with Crippen LogP contribution in [0.3, 0.4) is 0 Å². The molecule has 31 heavy (non-hydrogen) atoms.